The van der Waals surface area contributed by atoms with Crippen LogP contribution in [0.4, 0.5) is 0 Å². The number of hydrogen-bond donors (Lipinski definition) is 1. The van der Waals surface area contributed by atoms with Gasteiger partial charge in [-0.05, 0) is 6.42 Å². The van der Waals surface area contributed by atoms with Gasteiger partial charge in [-0.2, -0.15) is 0 Å². The Bertz CT molecular complexity index is 257. The Morgan fingerprint density at radius 3 is 2.80 bits per heavy atom. The number of rotatable bonds is 4. The van der Waals surface area contributed by atoms with E-state index in [4.69, 9.17) is 5.11 Å². The highest BCUT2D eigenvalue weighted by Gasteiger charge is 2.35. The number of thioether (sulfide) groups is 1. The molecule has 0 aromatic carbocycles. The number of carboxylic acids is 1. The lowest BCUT2D eigenvalue weighted by Gasteiger charge is -2.23. The molecular formula is C10H17NO3S. The average molecular weight is 231 g/mol. The van der Waals surface area contributed by atoms with E-state index in [2.05, 4.69) is 0 Å². The Morgan fingerprint density at radius 2 is 2.27 bits per heavy atom. The fourth-order valence-electron chi connectivity index (χ4n) is 1.70. The third-order valence-electron chi connectivity index (χ3n) is 2.59. The van der Waals surface area contributed by atoms with Crippen molar-refractivity contribution in [2.75, 3.05) is 11.6 Å². The maximum absolute atomic E-state index is 11.9. The normalized spacial score (nSPS) is 22.8. The summed E-state index contributed by atoms with van der Waals surface area (Å²) in [5, 5.41) is 8.94. The van der Waals surface area contributed by atoms with E-state index in [1.807, 2.05) is 13.8 Å². The molecular weight excluding hydrogens is 214 g/mol. The molecule has 86 valence electrons. The highest BCUT2D eigenvalue weighted by Crippen LogP contribution is 2.24. The average Bonchev–Trinajstić information content (AvgIpc) is 2.65. The van der Waals surface area contributed by atoms with Gasteiger partial charge < -0.3 is 10.0 Å². The van der Waals surface area contributed by atoms with Crippen molar-refractivity contribution in [3.63, 3.8) is 0 Å². The van der Waals surface area contributed by atoms with Crippen molar-refractivity contribution in [1.29, 1.82) is 0 Å². The minimum Gasteiger partial charge on any atom is -0.480 e. The maximum atomic E-state index is 11.9. The van der Waals surface area contributed by atoms with Gasteiger partial charge in [0, 0.05) is 11.7 Å². The molecule has 0 spiro atoms. The van der Waals surface area contributed by atoms with Crippen LogP contribution in [-0.2, 0) is 9.59 Å². The molecule has 1 amide bonds. The van der Waals surface area contributed by atoms with Crippen LogP contribution in [0.25, 0.3) is 0 Å². The van der Waals surface area contributed by atoms with Crippen molar-refractivity contribution >= 4 is 23.6 Å². The molecule has 1 saturated heterocycles. The van der Waals surface area contributed by atoms with E-state index in [1.165, 1.54) is 16.7 Å². The van der Waals surface area contributed by atoms with Crippen molar-refractivity contribution in [2.45, 2.75) is 32.7 Å². The topological polar surface area (TPSA) is 57.6 Å². The fraction of sp³-hybridized carbons (Fsp3) is 0.800. The smallest absolute Gasteiger partial charge is 0.327 e. The Labute approximate surface area is 94.0 Å². The molecule has 1 fully saturated rings. The van der Waals surface area contributed by atoms with Crippen LogP contribution in [0.5, 0.6) is 0 Å². The first-order chi connectivity index (χ1) is 7.07. The molecule has 1 heterocycles. The van der Waals surface area contributed by atoms with Crippen molar-refractivity contribution in [3.8, 4) is 0 Å². The Balaban J connectivity index is 2.62. The summed E-state index contributed by atoms with van der Waals surface area (Å²) in [5.74, 6) is 0.0610. The van der Waals surface area contributed by atoms with Gasteiger partial charge in [0.15, 0.2) is 0 Å². The monoisotopic (exact) mass is 231 g/mol. The van der Waals surface area contributed by atoms with Crippen LogP contribution in [0.15, 0.2) is 0 Å². The molecule has 1 unspecified atom stereocenters. The van der Waals surface area contributed by atoms with Crippen LogP contribution < -0.4 is 0 Å². The molecule has 1 N–H and O–H groups in total. The van der Waals surface area contributed by atoms with Gasteiger partial charge >= 0.3 is 5.97 Å². The molecule has 1 aliphatic rings. The van der Waals surface area contributed by atoms with Crippen molar-refractivity contribution in [3.05, 3.63) is 0 Å². The standard InChI is InChI=1S/C10H17NO3S/c1-3-4-7(2)9(12)11-6-15-5-8(11)10(13)14/h7-8H,3-6H2,1-2H3,(H,13,14)/t7?,8-/m0/s1. The van der Waals surface area contributed by atoms with Crippen LogP contribution >= 0.6 is 11.8 Å². The number of nitrogens with zero attached hydrogens (tertiary/aromatic N) is 1. The van der Waals surface area contributed by atoms with Gasteiger partial charge in [0.05, 0.1) is 5.88 Å². The molecule has 5 heteroatoms. The zero-order chi connectivity index (χ0) is 11.4. The second-order valence-corrected chi connectivity index (χ2v) is 4.85. The molecule has 0 aromatic rings. The van der Waals surface area contributed by atoms with Crippen molar-refractivity contribution < 1.29 is 14.7 Å². The Morgan fingerprint density at radius 1 is 1.60 bits per heavy atom. The molecule has 0 bridgehead atoms. The fourth-order valence-corrected chi connectivity index (χ4v) is 2.86. The van der Waals surface area contributed by atoms with Crippen LogP contribution in [0.3, 0.4) is 0 Å². The quantitative estimate of drug-likeness (QED) is 0.794. The molecule has 4 nitrogen and oxygen atoms in total. The number of carbonyl (C=O) groups excluding carboxylic acids is 1. The largest absolute Gasteiger partial charge is 0.480 e. The molecule has 2 atom stereocenters. The minimum atomic E-state index is -0.892. The summed E-state index contributed by atoms with van der Waals surface area (Å²) in [7, 11) is 0. The molecule has 0 aliphatic carbocycles. The molecule has 15 heavy (non-hydrogen) atoms. The minimum absolute atomic E-state index is 0.0192. The van der Waals surface area contributed by atoms with Gasteiger partial charge in [0.1, 0.15) is 6.04 Å². The van der Waals surface area contributed by atoms with E-state index in [1.54, 1.807) is 0 Å². The summed E-state index contributed by atoms with van der Waals surface area (Å²) < 4.78 is 0. The maximum Gasteiger partial charge on any atom is 0.327 e. The van der Waals surface area contributed by atoms with Gasteiger partial charge in [-0.25, -0.2) is 4.79 Å². The van der Waals surface area contributed by atoms with E-state index >= 15 is 0 Å². The summed E-state index contributed by atoms with van der Waals surface area (Å²) in [6, 6.07) is -0.623. The highest BCUT2D eigenvalue weighted by molar-refractivity contribution is 7.99. The molecule has 0 radical (unpaired) electrons. The first-order valence-electron chi connectivity index (χ1n) is 5.19. The first kappa shape index (κ1) is 12.4. The van der Waals surface area contributed by atoms with Gasteiger partial charge in [0.2, 0.25) is 5.91 Å². The number of carboxylic acid groups (broad SMARTS) is 1. The summed E-state index contributed by atoms with van der Waals surface area (Å²) in [6.45, 7) is 3.89. The van der Waals surface area contributed by atoms with Crippen molar-refractivity contribution in [1.82, 2.24) is 4.90 Å². The van der Waals surface area contributed by atoms with E-state index in [0.717, 1.165) is 12.8 Å². The first-order valence-corrected chi connectivity index (χ1v) is 6.34. The number of carbonyl (C=O) groups is 2. The van der Waals surface area contributed by atoms with Crippen LogP contribution in [0, 0.1) is 5.92 Å². The van der Waals surface area contributed by atoms with Gasteiger partial charge in [-0.1, -0.05) is 20.3 Å². The van der Waals surface area contributed by atoms with Crippen LogP contribution in [0.1, 0.15) is 26.7 Å². The zero-order valence-electron chi connectivity index (χ0n) is 9.10. The van der Waals surface area contributed by atoms with Gasteiger partial charge in [-0.3, -0.25) is 4.79 Å². The van der Waals surface area contributed by atoms with E-state index in [-0.39, 0.29) is 11.8 Å². The lowest BCUT2D eigenvalue weighted by molar-refractivity contribution is -0.149. The lowest BCUT2D eigenvalue weighted by atomic mass is 10.0. The Hall–Kier alpha value is -0.710. The number of hydrogen-bond acceptors (Lipinski definition) is 3. The summed E-state index contributed by atoms with van der Waals surface area (Å²) in [6.07, 6.45) is 1.78. The zero-order valence-corrected chi connectivity index (χ0v) is 9.92. The highest BCUT2D eigenvalue weighted by atomic mass is 32.2. The molecule has 0 saturated carbocycles. The molecule has 0 aromatic heterocycles. The summed E-state index contributed by atoms with van der Waals surface area (Å²) >= 11 is 1.51. The van der Waals surface area contributed by atoms with E-state index in [0.29, 0.717) is 11.6 Å². The van der Waals surface area contributed by atoms with Crippen molar-refractivity contribution in [2.24, 2.45) is 5.92 Å². The summed E-state index contributed by atoms with van der Waals surface area (Å²) in [5.41, 5.74) is 0. The van der Waals surface area contributed by atoms with Gasteiger partial charge in [-0.15, -0.1) is 11.8 Å². The number of aliphatic carboxylic acids is 1. The van der Waals surface area contributed by atoms with Gasteiger partial charge in [0.25, 0.3) is 0 Å². The van der Waals surface area contributed by atoms with Crippen LogP contribution in [0.2, 0.25) is 0 Å². The second kappa shape index (κ2) is 5.39. The SMILES string of the molecule is CCCC(C)C(=O)N1CSC[C@H]1C(=O)O. The third kappa shape index (κ3) is 2.87. The van der Waals surface area contributed by atoms with E-state index < -0.39 is 12.0 Å². The predicted molar refractivity (Wildman–Crippen MR) is 59.7 cm³/mol. The van der Waals surface area contributed by atoms with E-state index in [9.17, 15) is 9.59 Å². The number of amides is 1. The predicted octanol–water partition coefficient (Wildman–Crippen LogP) is 1.41. The molecule has 1 rings (SSSR count). The van der Waals surface area contributed by atoms with Crippen LogP contribution in [-0.4, -0.2) is 39.6 Å². The lowest BCUT2D eigenvalue weighted by Crippen LogP contribution is -2.44. The summed E-state index contributed by atoms with van der Waals surface area (Å²) in [4.78, 5) is 24.3. The second-order valence-electron chi connectivity index (χ2n) is 3.85. The Kier molecular flexibility index (Phi) is 4.45. The third-order valence-corrected chi connectivity index (χ3v) is 3.61. The molecule has 1 aliphatic heterocycles.